The zero-order valence-corrected chi connectivity index (χ0v) is 13.9. The van der Waals surface area contributed by atoms with Crippen molar-refractivity contribution < 1.29 is 9.53 Å². The minimum absolute atomic E-state index is 0.221. The van der Waals surface area contributed by atoms with Gasteiger partial charge in [0.2, 0.25) is 0 Å². The topological polar surface area (TPSA) is 39.2 Å². The Labute approximate surface area is 140 Å². The number of carbonyl (C=O) groups is 1. The monoisotopic (exact) mass is 373 g/mol. The standard InChI is InChI=1S/C17H12BrNO2S/c18-14-9-5-4-8-13(14)10-21-17(20)15-11-22-16(19-15)12-6-2-1-3-7-12/h1-9,11H,10H2. The molecule has 0 unspecified atom stereocenters. The van der Waals surface area contributed by atoms with Crippen LogP contribution in [0.4, 0.5) is 0 Å². The second kappa shape index (κ2) is 6.85. The summed E-state index contributed by atoms with van der Waals surface area (Å²) < 4.78 is 6.24. The third kappa shape index (κ3) is 3.43. The van der Waals surface area contributed by atoms with Crippen LogP contribution in [-0.4, -0.2) is 11.0 Å². The lowest BCUT2D eigenvalue weighted by molar-refractivity contribution is 0.0466. The zero-order valence-electron chi connectivity index (χ0n) is 11.5. The molecule has 0 aliphatic carbocycles. The fourth-order valence-corrected chi connectivity index (χ4v) is 3.11. The lowest BCUT2D eigenvalue weighted by Gasteiger charge is -2.05. The van der Waals surface area contributed by atoms with Crippen molar-refractivity contribution in [1.82, 2.24) is 4.98 Å². The number of rotatable bonds is 4. The van der Waals surface area contributed by atoms with Crippen LogP contribution in [0.5, 0.6) is 0 Å². The Bertz CT molecular complexity index is 786. The maximum absolute atomic E-state index is 12.1. The van der Waals surface area contributed by atoms with E-state index in [1.165, 1.54) is 11.3 Å². The average molecular weight is 374 g/mol. The molecule has 0 spiro atoms. The largest absolute Gasteiger partial charge is 0.456 e. The number of benzene rings is 2. The third-order valence-corrected chi connectivity index (χ3v) is 4.72. The molecule has 1 heterocycles. The first-order valence-electron chi connectivity index (χ1n) is 6.65. The molecule has 0 amide bonds. The van der Waals surface area contributed by atoms with Gasteiger partial charge in [-0.25, -0.2) is 9.78 Å². The molecule has 110 valence electrons. The van der Waals surface area contributed by atoms with Crippen LogP contribution in [0.2, 0.25) is 0 Å². The first-order chi connectivity index (χ1) is 10.7. The van der Waals surface area contributed by atoms with Gasteiger partial charge in [-0.05, 0) is 6.07 Å². The second-order valence-corrected chi connectivity index (χ2v) is 6.28. The van der Waals surface area contributed by atoms with Gasteiger partial charge in [0.15, 0.2) is 5.69 Å². The number of halogens is 1. The predicted octanol–water partition coefficient (Wildman–Crippen LogP) is 4.93. The summed E-state index contributed by atoms with van der Waals surface area (Å²) >= 11 is 4.87. The van der Waals surface area contributed by atoms with Crippen molar-refractivity contribution in [1.29, 1.82) is 0 Å². The molecule has 3 nitrogen and oxygen atoms in total. The Balaban J connectivity index is 1.69. The molecule has 22 heavy (non-hydrogen) atoms. The highest BCUT2D eigenvalue weighted by Gasteiger charge is 2.13. The normalized spacial score (nSPS) is 10.4. The van der Waals surface area contributed by atoms with Gasteiger partial charge in [-0.2, -0.15) is 0 Å². The van der Waals surface area contributed by atoms with Gasteiger partial charge in [0, 0.05) is 21.0 Å². The van der Waals surface area contributed by atoms with Crippen molar-refractivity contribution in [3.8, 4) is 10.6 Å². The number of carbonyl (C=O) groups excluding carboxylic acids is 1. The van der Waals surface area contributed by atoms with Crippen LogP contribution in [0.25, 0.3) is 10.6 Å². The Morgan fingerprint density at radius 3 is 2.59 bits per heavy atom. The smallest absolute Gasteiger partial charge is 0.358 e. The van der Waals surface area contributed by atoms with Gasteiger partial charge in [-0.3, -0.25) is 0 Å². The molecule has 0 aliphatic heterocycles. The highest BCUT2D eigenvalue weighted by molar-refractivity contribution is 9.10. The molecule has 0 saturated heterocycles. The van der Waals surface area contributed by atoms with E-state index in [0.29, 0.717) is 5.69 Å². The molecular formula is C17H12BrNO2S. The van der Waals surface area contributed by atoms with E-state index in [0.717, 1.165) is 20.6 Å². The van der Waals surface area contributed by atoms with E-state index in [-0.39, 0.29) is 6.61 Å². The van der Waals surface area contributed by atoms with Gasteiger partial charge in [0.25, 0.3) is 0 Å². The predicted molar refractivity (Wildman–Crippen MR) is 90.8 cm³/mol. The number of nitrogens with zero attached hydrogens (tertiary/aromatic N) is 1. The summed E-state index contributed by atoms with van der Waals surface area (Å²) in [5, 5.41) is 2.54. The van der Waals surface area contributed by atoms with Crippen molar-refractivity contribution in [2.24, 2.45) is 0 Å². The molecule has 0 bridgehead atoms. The van der Waals surface area contributed by atoms with Gasteiger partial charge in [-0.1, -0.05) is 64.5 Å². The summed E-state index contributed by atoms with van der Waals surface area (Å²) in [5.74, 6) is -0.408. The van der Waals surface area contributed by atoms with Crippen LogP contribution >= 0.6 is 27.3 Å². The number of aromatic nitrogens is 1. The summed E-state index contributed by atoms with van der Waals surface area (Å²) in [6, 6.07) is 17.4. The van der Waals surface area contributed by atoms with Crippen molar-refractivity contribution in [3.05, 3.63) is 75.7 Å². The molecule has 0 radical (unpaired) electrons. The fraction of sp³-hybridized carbons (Fsp3) is 0.0588. The summed E-state index contributed by atoms with van der Waals surface area (Å²) in [7, 11) is 0. The summed E-state index contributed by atoms with van der Waals surface area (Å²) in [6.45, 7) is 0.221. The Kier molecular flexibility index (Phi) is 4.65. The molecule has 0 saturated carbocycles. The van der Waals surface area contributed by atoms with E-state index in [1.54, 1.807) is 5.38 Å². The number of hydrogen-bond acceptors (Lipinski definition) is 4. The second-order valence-electron chi connectivity index (χ2n) is 4.57. The van der Waals surface area contributed by atoms with Crippen molar-refractivity contribution in [2.45, 2.75) is 6.61 Å². The van der Waals surface area contributed by atoms with Crippen molar-refractivity contribution >= 4 is 33.2 Å². The van der Waals surface area contributed by atoms with E-state index >= 15 is 0 Å². The Hall–Kier alpha value is -1.98. The van der Waals surface area contributed by atoms with Crippen LogP contribution < -0.4 is 0 Å². The van der Waals surface area contributed by atoms with Gasteiger partial charge in [0.05, 0.1) is 0 Å². The molecule has 0 N–H and O–H groups in total. The maximum Gasteiger partial charge on any atom is 0.358 e. The number of esters is 1. The molecule has 5 heteroatoms. The highest BCUT2D eigenvalue weighted by atomic mass is 79.9. The Morgan fingerprint density at radius 1 is 1.09 bits per heavy atom. The van der Waals surface area contributed by atoms with Gasteiger partial charge >= 0.3 is 5.97 Å². The van der Waals surface area contributed by atoms with Crippen LogP contribution in [0.15, 0.2) is 64.5 Å². The quantitative estimate of drug-likeness (QED) is 0.608. The average Bonchev–Trinajstić information content (AvgIpc) is 3.05. The molecule has 1 aromatic heterocycles. The molecule has 3 rings (SSSR count). The summed E-state index contributed by atoms with van der Waals surface area (Å²) in [5.41, 5.74) is 2.27. The zero-order chi connectivity index (χ0) is 15.4. The van der Waals surface area contributed by atoms with Crippen LogP contribution in [-0.2, 0) is 11.3 Å². The van der Waals surface area contributed by atoms with Crippen LogP contribution in [0, 0.1) is 0 Å². The number of ether oxygens (including phenoxy) is 1. The van der Waals surface area contributed by atoms with E-state index in [4.69, 9.17) is 4.74 Å². The molecule has 0 fully saturated rings. The van der Waals surface area contributed by atoms with Crippen molar-refractivity contribution in [2.75, 3.05) is 0 Å². The first kappa shape index (κ1) is 14.9. The molecule has 3 aromatic rings. The lowest BCUT2D eigenvalue weighted by atomic mass is 10.2. The van der Waals surface area contributed by atoms with E-state index in [9.17, 15) is 4.79 Å². The summed E-state index contributed by atoms with van der Waals surface area (Å²) in [6.07, 6.45) is 0. The van der Waals surface area contributed by atoms with Crippen molar-refractivity contribution in [3.63, 3.8) is 0 Å². The minimum Gasteiger partial charge on any atom is -0.456 e. The Morgan fingerprint density at radius 2 is 1.82 bits per heavy atom. The third-order valence-electron chi connectivity index (χ3n) is 3.05. The van der Waals surface area contributed by atoms with E-state index < -0.39 is 5.97 Å². The van der Waals surface area contributed by atoms with Crippen LogP contribution in [0.1, 0.15) is 16.1 Å². The SMILES string of the molecule is O=C(OCc1ccccc1Br)c1csc(-c2ccccc2)n1. The molecular weight excluding hydrogens is 362 g/mol. The lowest BCUT2D eigenvalue weighted by Crippen LogP contribution is -2.06. The van der Waals surface area contributed by atoms with Gasteiger partial charge < -0.3 is 4.74 Å². The first-order valence-corrected chi connectivity index (χ1v) is 8.33. The van der Waals surface area contributed by atoms with E-state index in [1.807, 2.05) is 54.6 Å². The van der Waals surface area contributed by atoms with E-state index in [2.05, 4.69) is 20.9 Å². The molecule has 0 aliphatic rings. The van der Waals surface area contributed by atoms with Crippen LogP contribution in [0.3, 0.4) is 0 Å². The number of hydrogen-bond donors (Lipinski definition) is 0. The molecule has 2 aromatic carbocycles. The minimum atomic E-state index is -0.408. The van der Waals surface area contributed by atoms with Gasteiger partial charge in [0.1, 0.15) is 11.6 Å². The summed E-state index contributed by atoms with van der Waals surface area (Å²) in [4.78, 5) is 16.4. The van der Waals surface area contributed by atoms with Gasteiger partial charge in [-0.15, -0.1) is 11.3 Å². The molecule has 0 atom stereocenters. The highest BCUT2D eigenvalue weighted by Crippen LogP contribution is 2.24. The number of thiazole rings is 1. The maximum atomic E-state index is 12.1. The fourth-order valence-electron chi connectivity index (χ4n) is 1.91.